The van der Waals surface area contributed by atoms with Crippen LogP contribution >= 0.6 is 36.2 Å². The van der Waals surface area contributed by atoms with Crippen LogP contribution in [0.2, 0.25) is 0 Å². The summed E-state index contributed by atoms with van der Waals surface area (Å²) in [5.74, 6) is -0.246. The molecule has 0 bridgehead atoms. The zero-order valence-corrected chi connectivity index (χ0v) is 21.1. The van der Waals surface area contributed by atoms with Gasteiger partial charge in [-0.15, -0.1) is 36.2 Å². The summed E-state index contributed by atoms with van der Waals surface area (Å²) >= 11 is 1.56. The summed E-state index contributed by atoms with van der Waals surface area (Å²) in [6, 6.07) is 14.9. The highest BCUT2D eigenvalue weighted by Gasteiger charge is 2.25. The van der Waals surface area contributed by atoms with Gasteiger partial charge in [-0.05, 0) is 60.7 Å². The van der Waals surface area contributed by atoms with Crippen LogP contribution in [0.4, 0.5) is 0 Å². The Morgan fingerprint density at radius 2 is 1.91 bits per heavy atom. The Balaban J connectivity index is 0.00000204. The molecule has 3 aromatic rings. The van der Waals surface area contributed by atoms with Gasteiger partial charge in [0, 0.05) is 28.1 Å². The number of nitrogen functional groups attached to an aromatic ring is 1. The molecule has 1 fully saturated rings. The minimum absolute atomic E-state index is 0. The normalized spacial score (nSPS) is 15.8. The molecule has 0 radical (unpaired) electrons. The first-order chi connectivity index (χ1) is 15.3. The third kappa shape index (κ3) is 6.20. The van der Waals surface area contributed by atoms with Gasteiger partial charge < -0.3 is 20.5 Å². The van der Waals surface area contributed by atoms with Crippen LogP contribution in [0.1, 0.15) is 35.3 Å². The Kier molecular flexibility index (Phi) is 9.32. The van der Waals surface area contributed by atoms with Gasteiger partial charge in [-0.2, -0.15) is 0 Å². The van der Waals surface area contributed by atoms with Crippen LogP contribution in [0, 0.1) is 10.8 Å². The highest BCUT2D eigenvalue weighted by molar-refractivity contribution is 7.19. The number of ether oxygens (including phenoxy) is 1. The minimum Gasteiger partial charge on any atom is -0.489 e. The largest absolute Gasteiger partial charge is 0.489 e. The fourth-order valence-corrected chi connectivity index (χ4v) is 5.11. The van der Waals surface area contributed by atoms with Crippen molar-refractivity contribution in [3.63, 3.8) is 0 Å². The van der Waals surface area contributed by atoms with Crippen molar-refractivity contribution in [3.05, 3.63) is 64.5 Å². The second-order valence-corrected chi connectivity index (χ2v) is 9.27. The van der Waals surface area contributed by atoms with E-state index in [9.17, 15) is 9.90 Å². The van der Waals surface area contributed by atoms with Crippen LogP contribution in [0.5, 0.6) is 5.75 Å². The van der Waals surface area contributed by atoms with E-state index in [1.165, 1.54) is 0 Å². The summed E-state index contributed by atoms with van der Waals surface area (Å²) in [5.41, 5.74) is 6.97. The fraction of sp³-hybridized carbons (Fsp3) is 0.292. The molecule has 10 heteroatoms. The highest BCUT2D eigenvalue weighted by atomic mass is 35.5. The summed E-state index contributed by atoms with van der Waals surface area (Å²) < 4.78 is 7.07. The first kappa shape index (κ1) is 27.4. The lowest BCUT2D eigenvalue weighted by atomic mass is 9.95. The van der Waals surface area contributed by atoms with Crippen molar-refractivity contribution < 1.29 is 14.6 Å². The SMILES string of the molecule is CC(=N)N1CC[C@H](Oc2ccc(C(Cc3cc4cc(C(=N)N)ccc4s3)C(=O)O)cc2)C1.Cl.Cl. The minimum atomic E-state index is -0.867. The average Bonchev–Trinajstić information content (AvgIpc) is 3.38. The van der Waals surface area contributed by atoms with E-state index in [1.54, 1.807) is 18.3 Å². The Morgan fingerprint density at radius 3 is 2.50 bits per heavy atom. The molecule has 5 N–H and O–H groups in total. The Labute approximate surface area is 214 Å². The van der Waals surface area contributed by atoms with E-state index >= 15 is 0 Å². The van der Waals surface area contributed by atoms with E-state index in [4.69, 9.17) is 21.3 Å². The van der Waals surface area contributed by atoms with Crippen molar-refractivity contribution in [1.29, 1.82) is 10.8 Å². The van der Waals surface area contributed by atoms with Gasteiger partial charge in [0.1, 0.15) is 17.7 Å². The topological polar surface area (TPSA) is 123 Å². The average molecular weight is 523 g/mol. The van der Waals surface area contributed by atoms with Gasteiger partial charge in [0.15, 0.2) is 0 Å². The standard InChI is InChI=1S/C24H26N4O3S.2ClH/c1-14(25)28-9-8-19(13-28)31-18-5-2-15(3-6-18)21(24(29)30)12-20-11-17-10-16(23(26)27)4-7-22(17)32-20;;/h2-7,10-11,19,21,25H,8-9,12-13H2,1H3,(H3,26,27)(H,29,30);2*1H/t19-,21?;;/m0../s1. The van der Waals surface area contributed by atoms with Crippen molar-refractivity contribution in [1.82, 2.24) is 4.90 Å². The van der Waals surface area contributed by atoms with Gasteiger partial charge in [0.05, 0.1) is 18.3 Å². The van der Waals surface area contributed by atoms with Crippen LogP contribution in [0.3, 0.4) is 0 Å². The zero-order chi connectivity index (χ0) is 22.8. The van der Waals surface area contributed by atoms with E-state index in [0.717, 1.165) is 33.5 Å². The van der Waals surface area contributed by atoms with Crippen LogP contribution in [0.25, 0.3) is 10.1 Å². The first-order valence-electron chi connectivity index (χ1n) is 10.5. The van der Waals surface area contributed by atoms with Crippen molar-refractivity contribution in [3.8, 4) is 5.75 Å². The molecule has 0 spiro atoms. The smallest absolute Gasteiger partial charge is 0.311 e. The number of benzene rings is 2. The number of carbonyl (C=O) groups is 1. The molecule has 1 aliphatic heterocycles. The third-order valence-corrected chi connectivity index (χ3v) is 6.92. The maximum Gasteiger partial charge on any atom is 0.311 e. The number of thiophene rings is 1. The van der Waals surface area contributed by atoms with E-state index in [2.05, 4.69) is 0 Å². The number of fused-ring (bicyclic) bond motifs is 1. The van der Waals surface area contributed by atoms with Crippen LogP contribution < -0.4 is 10.5 Å². The van der Waals surface area contributed by atoms with Gasteiger partial charge in [0.25, 0.3) is 0 Å². The second-order valence-electron chi connectivity index (χ2n) is 8.10. The number of nitrogens with zero attached hydrogens (tertiary/aromatic N) is 1. The Morgan fingerprint density at radius 1 is 1.21 bits per heavy atom. The lowest BCUT2D eigenvalue weighted by Crippen LogP contribution is -2.28. The molecule has 2 heterocycles. The first-order valence-corrected chi connectivity index (χ1v) is 11.3. The van der Waals surface area contributed by atoms with Crippen molar-refractivity contribution in [2.75, 3.05) is 13.1 Å². The molecule has 4 rings (SSSR count). The molecular formula is C24H28Cl2N4O3S. The number of carboxylic acids is 1. The Hall–Kier alpha value is -2.81. The summed E-state index contributed by atoms with van der Waals surface area (Å²) in [6.45, 7) is 3.30. The van der Waals surface area contributed by atoms with E-state index < -0.39 is 11.9 Å². The molecular weight excluding hydrogens is 495 g/mol. The van der Waals surface area contributed by atoms with E-state index in [-0.39, 0.29) is 36.8 Å². The summed E-state index contributed by atoms with van der Waals surface area (Å²) in [4.78, 5) is 15.0. The summed E-state index contributed by atoms with van der Waals surface area (Å²) in [6.07, 6.45) is 1.29. The van der Waals surface area contributed by atoms with Gasteiger partial charge in [-0.25, -0.2) is 0 Å². The fourth-order valence-electron chi connectivity index (χ4n) is 4.02. The molecule has 182 valence electrons. The lowest BCUT2D eigenvalue weighted by Gasteiger charge is -2.18. The summed E-state index contributed by atoms with van der Waals surface area (Å²) in [5, 5.41) is 26.2. The number of amidine groups is 2. The quantitative estimate of drug-likeness (QED) is 0.259. The van der Waals surface area contributed by atoms with Gasteiger partial charge in [-0.3, -0.25) is 15.6 Å². The summed E-state index contributed by atoms with van der Waals surface area (Å²) in [7, 11) is 0. The number of rotatable bonds is 7. The van der Waals surface area contributed by atoms with Gasteiger partial charge >= 0.3 is 5.97 Å². The molecule has 0 amide bonds. The number of likely N-dealkylation sites (tertiary alicyclic amines) is 1. The van der Waals surface area contributed by atoms with E-state index in [0.29, 0.717) is 30.1 Å². The van der Waals surface area contributed by atoms with Crippen molar-refractivity contribution >= 4 is 63.9 Å². The lowest BCUT2D eigenvalue weighted by molar-refractivity contribution is -0.138. The van der Waals surface area contributed by atoms with Crippen molar-refractivity contribution in [2.24, 2.45) is 5.73 Å². The molecule has 1 aliphatic rings. The molecule has 2 aromatic carbocycles. The van der Waals surface area contributed by atoms with Crippen LogP contribution in [-0.4, -0.2) is 46.8 Å². The van der Waals surface area contributed by atoms with Crippen molar-refractivity contribution in [2.45, 2.75) is 31.8 Å². The maximum absolute atomic E-state index is 12.0. The second kappa shape index (κ2) is 11.6. The van der Waals surface area contributed by atoms with Crippen LogP contribution in [-0.2, 0) is 11.2 Å². The molecule has 0 saturated carbocycles. The number of nitrogens with one attached hydrogen (secondary N) is 2. The number of carboxylic acid groups (broad SMARTS) is 1. The molecule has 0 aliphatic carbocycles. The highest BCUT2D eigenvalue weighted by Crippen LogP contribution is 2.32. The van der Waals surface area contributed by atoms with Gasteiger partial charge in [0.2, 0.25) is 0 Å². The zero-order valence-electron chi connectivity index (χ0n) is 18.6. The molecule has 2 atom stereocenters. The molecule has 1 unspecified atom stereocenters. The number of hydrogen-bond acceptors (Lipinski definition) is 5. The predicted molar refractivity (Wildman–Crippen MR) is 142 cm³/mol. The molecule has 1 saturated heterocycles. The molecule has 34 heavy (non-hydrogen) atoms. The maximum atomic E-state index is 12.0. The number of halogens is 2. The number of nitrogens with two attached hydrogens (primary N) is 1. The number of hydrogen-bond donors (Lipinski definition) is 4. The van der Waals surface area contributed by atoms with Gasteiger partial charge in [-0.1, -0.05) is 12.1 Å². The number of aliphatic carboxylic acids is 1. The molecule has 1 aromatic heterocycles. The predicted octanol–water partition coefficient (Wildman–Crippen LogP) is 4.89. The van der Waals surface area contributed by atoms with Crippen LogP contribution in [0.15, 0.2) is 48.5 Å². The Bertz CT molecular complexity index is 1180. The van der Waals surface area contributed by atoms with E-state index in [1.807, 2.05) is 53.4 Å². The molecule has 7 nitrogen and oxygen atoms in total. The third-order valence-electron chi connectivity index (χ3n) is 5.79. The monoisotopic (exact) mass is 522 g/mol.